The molecule has 0 fully saturated rings. The summed E-state index contributed by atoms with van der Waals surface area (Å²) < 4.78 is 4.85. The first kappa shape index (κ1) is 13.5. The first-order valence-corrected chi connectivity index (χ1v) is 5.61. The lowest BCUT2D eigenvalue weighted by atomic mass is 10.2. The van der Waals surface area contributed by atoms with Gasteiger partial charge in [0.2, 0.25) is 5.91 Å². The molecule has 1 aliphatic rings. The average molecular weight is 277 g/mol. The van der Waals surface area contributed by atoms with Crippen LogP contribution in [0.25, 0.3) is 0 Å². The summed E-state index contributed by atoms with van der Waals surface area (Å²) in [6, 6.07) is 1.23. The van der Waals surface area contributed by atoms with Crippen LogP contribution in [-0.4, -0.2) is 41.2 Å². The minimum Gasteiger partial charge on any atom is -0.478 e. The van der Waals surface area contributed by atoms with Crippen LogP contribution in [0.1, 0.15) is 10.4 Å². The van der Waals surface area contributed by atoms with Gasteiger partial charge in [-0.3, -0.25) is 9.69 Å². The Bertz CT molecular complexity index is 599. The molecule has 1 aromatic heterocycles. The van der Waals surface area contributed by atoms with Crippen molar-refractivity contribution in [2.75, 3.05) is 23.4 Å². The molecule has 0 aromatic carbocycles. The van der Waals surface area contributed by atoms with E-state index in [2.05, 4.69) is 16.9 Å². The predicted molar refractivity (Wildman–Crippen MR) is 68.7 cm³/mol. The Balaban J connectivity index is 2.35. The zero-order valence-electron chi connectivity index (χ0n) is 10.3. The SMILES string of the molecule is C=CCOC(=O)N1CC(=O)Nc2cc(C(=O)O)cnc21. The maximum atomic E-state index is 11.8. The van der Waals surface area contributed by atoms with Crippen LogP contribution in [0.15, 0.2) is 24.9 Å². The van der Waals surface area contributed by atoms with Crippen molar-refractivity contribution in [2.45, 2.75) is 0 Å². The summed E-state index contributed by atoms with van der Waals surface area (Å²) >= 11 is 0. The van der Waals surface area contributed by atoms with Crippen LogP contribution in [0.4, 0.5) is 16.3 Å². The summed E-state index contributed by atoms with van der Waals surface area (Å²) in [5.74, 6) is -1.50. The van der Waals surface area contributed by atoms with Crippen LogP contribution in [0, 0.1) is 0 Å². The van der Waals surface area contributed by atoms with E-state index in [0.717, 1.165) is 11.1 Å². The number of nitrogens with one attached hydrogen (secondary N) is 1. The van der Waals surface area contributed by atoms with Gasteiger partial charge in [0.15, 0.2) is 5.82 Å². The lowest BCUT2D eigenvalue weighted by molar-refractivity contribution is -0.115. The van der Waals surface area contributed by atoms with Gasteiger partial charge in [-0.25, -0.2) is 14.6 Å². The minimum atomic E-state index is -1.18. The highest BCUT2D eigenvalue weighted by atomic mass is 16.6. The molecule has 2 heterocycles. The fourth-order valence-corrected chi connectivity index (χ4v) is 1.65. The van der Waals surface area contributed by atoms with E-state index in [1.54, 1.807) is 0 Å². The third-order valence-electron chi connectivity index (χ3n) is 2.49. The van der Waals surface area contributed by atoms with Gasteiger partial charge < -0.3 is 15.2 Å². The number of hydrogen-bond acceptors (Lipinski definition) is 5. The molecule has 2 amide bonds. The zero-order chi connectivity index (χ0) is 14.7. The molecule has 0 spiro atoms. The third kappa shape index (κ3) is 2.58. The van der Waals surface area contributed by atoms with Gasteiger partial charge in [0.25, 0.3) is 0 Å². The highest BCUT2D eigenvalue weighted by molar-refractivity contribution is 6.08. The van der Waals surface area contributed by atoms with Crippen LogP contribution in [0.3, 0.4) is 0 Å². The Morgan fingerprint density at radius 1 is 1.60 bits per heavy atom. The molecule has 0 bridgehead atoms. The monoisotopic (exact) mass is 277 g/mol. The summed E-state index contributed by atoms with van der Waals surface area (Å²) in [4.78, 5) is 39.1. The summed E-state index contributed by atoms with van der Waals surface area (Å²) in [5.41, 5.74) is 0.0575. The Hall–Kier alpha value is -2.90. The zero-order valence-corrected chi connectivity index (χ0v) is 10.3. The molecule has 1 aromatic rings. The van der Waals surface area contributed by atoms with Crippen LogP contribution in [0.5, 0.6) is 0 Å². The van der Waals surface area contributed by atoms with Crippen molar-refractivity contribution >= 4 is 29.5 Å². The maximum absolute atomic E-state index is 11.8. The molecule has 8 heteroatoms. The second kappa shape index (κ2) is 5.39. The number of hydrogen-bond donors (Lipinski definition) is 2. The molecule has 8 nitrogen and oxygen atoms in total. The molecular weight excluding hydrogens is 266 g/mol. The van der Waals surface area contributed by atoms with E-state index >= 15 is 0 Å². The molecule has 2 N–H and O–H groups in total. The Morgan fingerprint density at radius 2 is 2.35 bits per heavy atom. The van der Waals surface area contributed by atoms with Gasteiger partial charge in [-0.15, -0.1) is 0 Å². The molecule has 2 rings (SSSR count). The first-order chi connectivity index (χ1) is 9.52. The number of carbonyl (C=O) groups excluding carboxylic acids is 2. The molecule has 20 heavy (non-hydrogen) atoms. The standard InChI is InChI=1S/C12H11N3O5/c1-2-3-20-12(19)15-6-9(16)14-8-4-7(11(17)18)5-13-10(8)15/h2,4-5H,1,3,6H2,(H,14,16)(H,17,18). The van der Waals surface area contributed by atoms with E-state index in [0.29, 0.717) is 0 Å². The number of nitrogens with zero attached hydrogens (tertiary/aromatic N) is 2. The minimum absolute atomic E-state index is 0.000501. The number of fused-ring (bicyclic) bond motifs is 1. The molecule has 104 valence electrons. The molecule has 0 atom stereocenters. The van der Waals surface area contributed by atoms with Crippen LogP contribution >= 0.6 is 0 Å². The third-order valence-corrected chi connectivity index (χ3v) is 2.49. The van der Waals surface area contributed by atoms with Gasteiger partial charge in [-0.2, -0.15) is 0 Å². The van der Waals surface area contributed by atoms with Crippen molar-refractivity contribution < 1.29 is 24.2 Å². The van der Waals surface area contributed by atoms with Crippen molar-refractivity contribution in [3.8, 4) is 0 Å². The van der Waals surface area contributed by atoms with Gasteiger partial charge in [0.05, 0.1) is 11.3 Å². The highest BCUT2D eigenvalue weighted by Gasteiger charge is 2.29. The number of carboxylic acid groups (broad SMARTS) is 1. The number of anilines is 2. The quantitative estimate of drug-likeness (QED) is 0.793. The van der Waals surface area contributed by atoms with Crippen molar-refractivity contribution in [3.63, 3.8) is 0 Å². The molecule has 0 saturated carbocycles. The number of pyridine rings is 1. The first-order valence-electron chi connectivity index (χ1n) is 5.61. The topological polar surface area (TPSA) is 109 Å². The fourth-order valence-electron chi connectivity index (χ4n) is 1.65. The number of amides is 2. The Kier molecular flexibility index (Phi) is 3.65. The van der Waals surface area contributed by atoms with E-state index in [1.807, 2.05) is 0 Å². The molecule has 0 unspecified atom stereocenters. The van der Waals surface area contributed by atoms with Gasteiger partial charge >= 0.3 is 12.1 Å². The summed E-state index contributed by atoms with van der Waals surface area (Å²) in [6.07, 6.45) is 1.74. The van der Waals surface area contributed by atoms with Crippen molar-refractivity contribution in [1.29, 1.82) is 0 Å². The van der Waals surface area contributed by atoms with Crippen molar-refractivity contribution in [3.05, 3.63) is 30.5 Å². The number of aromatic nitrogens is 1. The predicted octanol–water partition coefficient (Wildman–Crippen LogP) is 0.861. The molecule has 0 saturated heterocycles. The normalized spacial score (nSPS) is 13.2. The number of carboxylic acids is 1. The molecular formula is C12H11N3O5. The van der Waals surface area contributed by atoms with Crippen molar-refractivity contribution in [2.24, 2.45) is 0 Å². The van der Waals surface area contributed by atoms with Gasteiger partial charge in [0.1, 0.15) is 13.2 Å². The highest BCUT2D eigenvalue weighted by Crippen LogP contribution is 2.28. The van der Waals surface area contributed by atoms with Crippen LogP contribution < -0.4 is 10.2 Å². The average Bonchev–Trinajstić information content (AvgIpc) is 2.42. The van der Waals surface area contributed by atoms with Crippen molar-refractivity contribution in [1.82, 2.24) is 4.98 Å². The lowest BCUT2D eigenvalue weighted by Gasteiger charge is -2.27. The lowest BCUT2D eigenvalue weighted by Crippen LogP contribution is -2.43. The molecule has 1 aliphatic heterocycles. The number of carbonyl (C=O) groups is 3. The number of ether oxygens (including phenoxy) is 1. The number of aromatic carboxylic acids is 1. The van der Waals surface area contributed by atoms with Gasteiger partial charge in [-0.05, 0) is 6.07 Å². The Morgan fingerprint density at radius 3 is 3.00 bits per heavy atom. The van der Waals surface area contributed by atoms with E-state index < -0.39 is 18.0 Å². The van der Waals surface area contributed by atoms with E-state index in [9.17, 15) is 14.4 Å². The Labute approximate surface area is 113 Å². The van der Waals surface area contributed by atoms with Crippen LogP contribution in [0.2, 0.25) is 0 Å². The maximum Gasteiger partial charge on any atom is 0.416 e. The van der Waals surface area contributed by atoms with E-state index in [-0.39, 0.29) is 30.2 Å². The van der Waals surface area contributed by atoms with Gasteiger partial charge in [0, 0.05) is 6.20 Å². The second-order valence-electron chi connectivity index (χ2n) is 3.90. The fraction of sp³-hybridized carbons (Fsp3) is 0.167. The smallest absolute Gasteiger partial charge is 0.416 e. The van der Waals surface area contributed by atoms with Gasteiger partial charge in [-0.1, -0.05) is 12.7 Å². The second-order valence-corrected chi connectivity index (χ2v) is 3.90. The van der Waals surface area contributed by atoms with E-state index in [4.69, 9.17) is 9.84 Å². The summed E-state index contributed by atoms with van der Waals surface area (Å²) in [7, 11) is 0. The number of rotatable bonds is 3. The van der Waals surface area contributed by atoms with Crippen LogP contribution in [-0.2, 0) is 9.53 Å². The van der Waals surface area contributed by atoms with E-state index in [1.165, 1.54) is 12.1 Å². The summed E-state index contributed by atoms with van der Waals surface area (Å²) in [5, 5.41) is 11.3. The molecule has 0 radical (unpaired) electrons. The largest absolute Gasteiger partial charge is 0.478 e. The molecule has 0 aliphatic carbocycles. The summed E-state index contributed by atoms with van der Waals surface area (Å²) in [6.45, 7) is 3.16.